The third kappa shape index (κ3) is 3.75. The number of rotatable bonds is 4. The van der Waals surface area contributed by atoms with Crippen LogP contribution in [0.5, 0.6) is 5.75 Å². The van der Waals surface area contributed by atoms with Gasteiger partial charge in [-0.3, -0.25) is 0 Å². The van der Waals surface area contributed by atoms with Crippen LogP contribution in [-0.4, -0.2) is 22.6 Å². The van der Waals surface area contributed by atoms with Gasteiger partial charge in [0, 0.05) is 24.8 Å². The summed E-state index contributed by atoms with van der Waals surface area (Å²) < 4.78 is 0. The van der Waals surface area contributed by atoms with Crippen LogP contribution in [0.25, 0.3) is 0 Å². The second-order valence-electron chi connectivity index (χ2n) is 4.48. The van der Waals surface area contributed by atoms with Crippen LogP contribution in [0.4, 0.5) is 10.5 Å². The van der Waals surface area contributed by atoms with Crippen LogP contribution in [0.3, 0.4) is 0 Å². The number of carbonyl (C=O) groups excluding carboxylic acids is 1. The lowest BCUT2D eigenvalue weighted by Gasteiger charge is -2.21. The predicted octanol–water partition coefficient (Wildman–Crippen LogP) is 3.45. The van der Waals surface area contributed by atoms with Crippen molar-refractivity contribution in [2.75, 3.05) is 11.9 Å². The molecule has 0 radical (unpaired) electrons. The summed E-state index contributed by atoms with van der Waals surface area (Å²) in [5.74, 6) is 0.133. The van der Waals surface area contributed by atoms with Crippen LogP contribution in [-0.2, 0) is 6.54 Å². The first-order valence-corrected chi connectivity index (χ1v) is 6.58. The van der Waals surface area contributed by atoms with E-state index in [1.54, 1.807) is 23.1 Å². The van der Waals surface area contributed by atoms with Crippen LogP contribution in [0, 0.1) is 0 Å². The van der Waals surface area contributed by atoms with Gasteiger partial charge >= 0.3 is 6.03 Å². The monoisotopic (exact) mass is 270 g/mol. The Morgan fingerprint density at radius 3 is 2.55 bits per heavy atom. The molecular formula is C16H18N2O2. The SMILES string of the molecule is CCN(Cc1ccccc1)C(=O)Nc1cccc(O)c1. The van der Waals surface area contributed by atoms with Crippen molar-refractivity contribution >= 4 is 11.7 Å². The number of carbonyl (C=O) groups is 1. The summed E-state index contributed by atoms with van der Waals surface area (Å²) in [4.78, 5) is 13.9. The maximum atomic E-state index is 12.2. The van der Waals surface area contributed by atoms with E-state index in [0.717, 1.165) is 5.56 Å². The second kappa shape index (κ2) is 6.61. The van der Waals surface area contributed by atoms with Gasteiger partial charge in [-0.05, 0) is 24.6 Å². The number of hydrogen-bond donors (Lipinski definition) is 2. The van der Waals surface area contributed by atoms with Gasteiger partial charge in [0.2, 0.25) is 0 Å². The Labute approximate surface area is 118 Å². The highest BCUT2D eigenvalue weighted by molar-refractivity contribution is 5.89. The molecular weight excluding hydrogens is 252 g/mol. The van der Waals surface area contributed by atoms with Crippen molar-refractivity contribution in [2.24, 2.45) is 0 Å². The van der Waals surface area contributed by atoms with E-state index in [0.29, 0.717) is 18.8 Å². The summed E-state index contributed by atoms with van der Waals surface area (Å²) in [6.45, 7) is 3.10. The summed E-state index contributed by atoms with van der Waals surface area (Å²) >= 11 is 0. The number of amides is 2. The average Bonchev–Trinajstić information content (AvgIpc) is 2.45. The first-order chi connectivity index (χ1) is 9.69. The van der Waals surface area contributed by atoms with Crippen molar-refractivity contribution in [1.82, 2.24) is 4.90 Å². The molecule has 4 heteroatoms. The lowest BCUT2D eigenvalue weighted by Crippen LogP contribution is -2.34. The fourth-order valence-electron chi connectivity index (χ4n) is 1.92. The van der Waals surface area contributed by atoms with Gasteiger partial charge in [-0.15, -0.1) is 0 Å². The molecule has 2 N–H and O–H groups in total. The smallest absolute Gasteiger partial charge is 0.322 e. The molecule has 0 spiro atoms. The van der Waals surface area contributed by atoms with Crippen LogP contribution >= 0.6 is 0 Å². The van der Waals surface area contributed by atoms with Crippen molar-refractivity contribution in [3.8, 4) is 5.75 Å². The van der Waals surface area contributed by atoms with Crippen LogP contribution < -0.4 is 5.32 Å². The summed E-state index contributed by atoms with van der Waals surface area (Å²) in [6.07, 6.45) is 0. The molecule has 0 aliphatic carbocycles. The highest BCUT2D eigenvalue weighted by atomic mass is 16.3. The Balaban J connectivity index is 2.02. The Kier molecular flexibility index (Phi) is 4.60. The van der Waals surface area contributed by atoms with E-state index in [9.17, 15) is 9.90 Å². The molecule has 20 heavy (non-hydrogen) atoms. The van der Waals surface area contributed by atoms with Crippen molar-refractivity contribution in [1.29, 1.82) is 0 Å². The molecule has 0 heterocycles. The van der Waals surface area contributed by atoms with E-state index in [-0.39, 0.29) is 11.8 Å². The Morgan fingerprint density at radius 2 is 1.90 bits per heavy atom. The first-order valence-electron chi connectivity index (χ1n) is 6.58. The molecule has 0 atom stereocenters. The maximum absolute atomic E-state index is 12.2. The number of phenolic OH excluding ortho intramolecular Hbond substituents is 1. The molecule has 2 aromatic rings. The highest BCUT2D eigenvalue weighted by Crippen LogP contribution is 2.16. The third-order valence-electron chi connectivity index (χ3n) is 2.98. The van der Waals surface area contributed by atoms with Crippen LogP contribution in [0.2, 0.25) is 0 Å². The summed E-state index contributed by atoms with van der Waals surface area (Å²) in [5.41, 5.74) is 1.67. The van der Waals surface area contributed by atoms with Crippen molar-refractivity contribution < 1.29 is 9.90 Å². The van der Waals surface area contributed by atoms with E-state index < -0.39 is 0 Å². The van der Waals surface area contributed by atoms with Gasteiger partial charge in [-0.25, -0.2) is 4.79 Å². The van der Waals surface area contributed by atoms with Gasteiger partial charge in [0.05, 0.1) is 0 Å². The number of aromatic hydroxyl groups is 1. The van der Waals surface area contributed by atoms with Gasteiger partial charge in [0.15, 0.2) is 0 Å². The third-order valence-corrected chi connectivity index (χ3v) is 2.98. The molecule has 2 rings (SSSR count). The Morgan fingerprint density at radius 1 is 1.15 bits per heavy atom. The van der Waals surface area contributed by atoms with E-state index in [4.69, 9.17) is 0 Å². The highest BCUT2D eigenvalue weighted by Gasteiger charge is 2.12. The topological polar surface area (TPSA) is 52.6 Å². The molecule has 0 saturated carbocycles. The molecule has 2 amide bonds. The summed E-state index contributed by atoms with van der Waals surface area (Å²) in [5, 5.41) is 12.2. The van der Waals surface area contributed by atoms with Crippen molar-refractivity contribution in [3.05, 3.63) is 60.2 Å². The number of benzene rings is 2. The number of urea groups is 1. The standard InChI is InChI=1S/C16H18N2O2/c1-2-18(12-13-7-4-3-5-8-13)16(20)17-14-9-6-10-15(19)11-14/h3-11,19H,2,12H2,1H3,(H,17,20). The second-order valence-corrected chi connectivity index (χ2v) is 4.48. The molecule has 0 aromatic heterocycles. The number of anilines is 1. The predicted molar refractivity (Wildman–Crippen MR) is 79.7 cm³/mol. The molecule has 0 fully saturated rings. The molecule has 0 unspecified atom stereocenters. The van der Waals surface area contributed by atoms with E-state index in [1.807, 2.05) is 37.3 Å². The Hall–Kier alpha value is -2.49. The lowest BCUT2D eigenvalue weighted by atomic mass is 10.2. The quantitative estimate of drug-likeness (QED) is 0.894. The fourth-order valence-corrected chi connectivity index (χ4v) is 1.92. The van der Waals surface area contributed by atoms with Crippen LogP contribution in [0.15, 0.2) is 54.6 Å². The minimum absolute atomic E-state index is 0.133. The summed E-state index contributed by atoms with van der Waals surface area (Å²) in [6, 6.07) is 16.2. The molecule has 0 aliphatic heterocycles. The molecule has 0 saturated heterocycles. The molecule has 104 valence electrons. The number of phenols is 1. The van der Waals surface area contributed by atoms with Gasteiger partial charge < -0.3 is 15.3 Å². The molecule has 0 aliphatic rings. The van der Waals surface area contributed by atoms with Gasteiger partial charge in [-0.2, -0.15) is 0 Å². The lowest BCUT2D eigenvalue weighted by molar-refractivity contribution is 0.212. The largest absolute Gasteiger partial charge is 0.508 e. The zero-order valence-corrected chi connectivity index (χ0v) is 11.4. The van der Waals surface area contributed by atoms with Gasteiger partial charge in [0.25, 0.3) is 0 Å². The van der Waals surface area contributed by atoms with E-state index >= 15 is 0 Å². The maximum Gasteiger partial charge on any atom is 0.322 e. The Bertz CT molecular complexity index is 570. The molecule has 0 bridgehead atoms. The normalized spacial score (nSPS) is 10.1. The molecule has 4 nitrogen and oxygen atoms in total. The van der Waals surface area contributed by atoms with Gasteiger partial charge in [0.1, 0.15) is 5.75 Å². The number of nitrogens with one attached hydrogen (secondary N) is 1. The fraction of sp³-hybridized carbons (Fsp3) is 0.188. The van der Waals surface area contributed by atoms with Crippen molar-refractivity contribution in [2.45, 2.75) is 13.5 Å². The minimum atomic E-state index is -0.179. The minimum Gasteiger partial charge on any atom is -0.508 e. The van der Waals surface area contributed by atoms with E-state index in [2.05, 4.69) is 5.32 Å². The van der Waals surface area contributed by atoms with Crippen molar-refractivity contribution in [3.63, 3.8) is 0 Å². The van der Waals surface area contributed by atoms with Gasteiger partial charge in [-0.1, -0.05) is 36.4 Å². The zero-order chi connectivity index (χ0) is 14.4. The number of hydrogen-bond acceptors (Lipinski definition) is 2. The van der Waals surface area contributed by atoms with Crippen LogP contribution in [0.1, 0.15) is 12.5 Å². The number of nitrogens with zero attached hydrogens (tertiary/aromatic N) is 1. The molecule has 2 aromatic carbocycles. The average molecular weight is 270 g/mol. The first kappa shape index (κ1) is 13.9. The summed E-state index contributed by atoms with van der Waals surface area (Å²) in [7, 11) is 0. The zero-order valence-electron chi connectivity index (χ0n) is 11.4. The van der Waals surface area contributed by atoms with E-state index in [1.165, 1.54) is 6.07 Å².